The molecule has 2 aliphatic rings. The van der Waals surface area contributed by atoms with Crippen LogP contribution in [0.15, 0.2) is 151 Å². The number of ether oxygens (including phenoxy) is 1. The fourth-order valence-electron chi connectivity index (χ4n) is 5.89. The van der Waals surface area contributed by atoms with E-state index in [-0.39, 0.29) is 11.1 Å². The van der Waals surface area contributed by atoms with Gasteiger partial charge in [-0.05, 0) is 56.7 Å². The lowest BCUT2D eigenvalue weighted by Gasteiger charge is -2.34. The monoisotopic (exact) mass is 518 g/mol. The van der Waals surface area contributed by atoms with Crippen LogP contribution in [0.4, 0.5) is 0 Å². The molecule has 6 rings (SSSR count). The second-order valence-electron chi connectivity index (χ2n) is 9.73. The van der Waals surface area contributed by atoms with Crippen LogP contribution in [0.5, 0.6) is 0 Å². The van der Waals surface area contributed by atoms with Gasteiger partial charge >= 0.3 is 5.97 Å². The van der Waals surface area contributed by atoms with Crippen LogP contribution >= 0.6 is 0 Å². The zero-order valence-electron chi connectivity index (χ0n) is 22.0. The SMILES string of the molecule is COC(=O)C1=CC2(C=CC1=C=O)C(c1ccccc1)=C(c1ccccc1)C(c1ccccc1)=C2c1ccccc1. The zero-order valence-corrected chi connectivity index (χ0v) is 22.0. The number of hydrogen-bond acceptors (Lipinski definition) is 3. The van der Waals surface area contributed by atoms with Crippen LogP contribution < -0.4 is 0 Å². The van der Waals surface area contributed by atoms with Crippen molar-refractivity contribution >= 4 is 34.2 Å². The van der Waals surface area contributed by atoms with Gasteiger partial charge in [-0.3, -0.25) is 0 Å². The summed E-state index contributed by atoms with van der Waals surface area (Å²) >= 11 is 0. The van der Waals surface area contributed by atoms with Crippen molar-refractivity contribution in [2.24, 2.45) is 5.41 Å². The molecule has 192 valence electrons. The second kappa shape index (κ2) is 10.5. The van der Waals surface area contributed by atoms with Gasteiger partial charge in [-0.15, -0.1) is 0 Å². The van der Waals surface area contributed by atoms with E-state index >= 15 is 0 Å². The van der Waals surface area contributed by atoms with E-state index in [0.717, 1.165) is 44.5 Å². The minimum atomic E-state index is -0.886. The second-order valence-corrected chi connectivity index (χ2v) is 9.73. The highest BCUT2D eigenvalue weighted by molar-refractivity contribution is 6.31. The number of hydrogen-bond donors (Lipinski definition) is 0. The van der Waals surface area contributed by atoms with Gasteiger partial charge in [-0.1, -0.05) is 127 Å². The Balaban J connectivity index is 1.85. The topological polar surface area (TPSA) is 43.4 Å². The third-order valence-corrected chi connectivity index (χ3v) is 7.52. The van der Waals surface area contributed by atoms with E-state index in [1.54, 1.807) is 6.08 Å². The third kappa shape index (κ3) is 4.10. The Morgan fingerprint density at radius 1 is 0.625 bits per heavy atom. The number of carbonyl (C=O) groups excluding carboxylic acids is 2. The number of esters is 1. The molecule has 3 heteroatoms. The minimum Gasteiger partial charge on any atom is -0.465 e. The fraction of sp³-hybridized carbons (Fsp3) is 0.0541. The molecular weight excluding hydrogens is 492 g/mol. The van der Waals surface area contributed by atoms with Gasteiger partial charge in [-0.25, -0.2) is 9.59 Å². The Morgan fingerprint density at radius 3 is 1.40 bits per heavy atom. The van der Waals surface area contributed by atoms with Crippen LogP contribution in [0.2, 0.25) is 0 Å². The molecule has 0 aliphatic heterocycles. The molecule has 0 saturated heterocycles. The van der Waals surface area contributed by atoms with Gasteiger partial charge in [0.05, 0.1) is 23.7 Å². The molecule has 4 aromatic carbocycles. The minimum absolute atomic E-state index is 0.173. The normalized spacial score (nSPS) is 15.7. The maximum atomic E-state index is 13.1. The zero-order chi connectivity index (χ0) is 27.5. The maximum Gasteiger partial charge on any atom is 0.338 e. The van der Waals surface area contributed by atoms with Crippen molar-refractivity contribution < 1.29 is 14.3 Å². The Labute approximate surface area is 233 Å². The summed E-state index contributed by atoms with van der Waals surface area (Å²) in [6.07, 6.45) is 5.63. The molecule has 0 heterocycles. The highest BCUT2D eigenvalue weighted by atomic mass is 16.5. The summed E-state index contributed by atoms with van der Waals surface area (Å²) in [6, 6.07) is 41.2. The van der Waals surface area contributed by atoms with Crippen molar-refractivity contribution in [3.05, 3.63) is 173 Å². The predicted octanol–water partition coefficient (Wildman–Crippen LogP) is 7.64. The van der Waals surface area contributed by atoms with Crippen LogP contribution in [-0.4, -0.2) is 19.0 Å². The molecule has 0 radical (unpaired) electrons. The molecule has 3 nitrogen and oxygen atoms in total. The summed E-state index contributed by atoms with van der Waals surface area (Å²) in [7, 11) is 1.33. The van der Waals surface area contributed by atoms with E-state index in [1.165, 1.54) is 7.11 Å². The lowest BCUT2D eigenvalue weighted by Crippen LogP contribution is -2.24. The van der Waals surface area contributed by atoms with E-state index in [4.69, 9.17) is 4.74 Å². The highest BCUT2D eigenvalue weighted by Crippen LogP contribution is 2.64. The van der Waals surface area contributed by atoms with Crippen molar-refractivity contribution in [2.45, 2.75) is 0 Å². The lowest BCUT2D eigenvalue weighted by molar-refractivity contribution is -0.135. The predicted molar refractivity (Wildman–Crippen MR) is 160 cm³/mol. The molecule has 4 aromatic rings. The standard InChI is InChI=1S/C37H26O3/c1-40-36(39)31-24-37(23-22-30(31)25-38)34(28-18-10-4-11-19-28)32(26-14-6-2-7-15-26)33(27-16-8-3-9-17-27)35(37)29-20-12-5-13-21-29/h2-24H,1H3. The van der Waals surface area contributed by atoms with E-state index in [9.17, 15) is 9.59 Å². The smallest absolute Gasteiger partial charge is 0.338 e. The van der Waals surface area contributed by atoms with Crippen LogP contribution in [0.1, 0.15) is 22.3 Å². The molecule has 2 aliphatic carbocycles. The first-order valence-electron chi connectivity index (χ1n) is 13.2. The largest absolute Gasteiger partial charge is 0.465 e. The molecule has 0 aromatic heterocycles. The Kier molecular flexibility index (Phi) is 6.57. The molecule has 0 atom stereocenters. The number of allylic oxidation sites excluding steroid dienone is 7. The van der Waals surface area contributed by atoms with Crippen molar-refractivity contribution in [1.29, 1.82) is 0 Å². The van der Waals surface area contributed by atoms with Crippen LogP contribution in [0, 0.1) is 5.41 Å². The van der Waals surface area contributed by atoms with Crippen molar-refractivity contribution in [3.8, 4) is 0 Å². The van der Waals surface area contributed by atoms with Crippen molar-refractivity contribution in [2.75, 3.05) is 7.11 Å². The summed E-state index contributed by atoms with van der Waals surface area (Å²) in [4.78, 5) is 25.1. The Bertz CT molecular complexity index is 1650. The van der Waals surface area contributed by atoms with Gasteiger partial charge in [0.25, 0.3) is 0 Å². The average molecular weight is 519 g/mol. The van der Waals surface area contributed by atoms with E-state index < -0.39 is 11.4 Å². The van der Waals surface area contributed by atoms with Gasteiger partial charge < -0.3 is 4.74 Å². The molecule has 40 heavy (non-hydrogen) atoms. The Morgan fingerprint density at radius 2 is 1.02 bits per heavy atom. The summed E-state index contributed by atoms with van der Waals surface area (Å²) in [5.74, 6) is 1.38. The van der Waals surface area contributed by atoms with Crippen molar-refractivity contribution in [3.63, 3.8) is 0 Å². The highest BCUT2D eigenvalue weighted by Gasteiger charge is 2.47. The molecule has 0 unspecified atom stereocenters. The van der Waals surface area contributed by atoms with Crippen LogP contribution in [0.3, 0.4) is 0 Å². The number of carbonyl (C=O) groups is 1. The molecule has 0 fully saturated rings. The van der Waals surface area contributed by atoms with Crippen molar-refractivity contribution in [1.82, 2.24) is 0 Å². The summed E-state index contributed by atoms with van der Waals surface area (Å²) in [6.45, 7) is 0. The van der Waals surface area contributed by atoms with Gasteiger partial charge in [-0.2, -0.15) is 0 Å². The van der Waals surface area contributed by atoms with Crippen LogP contribution in [-0.2, 0) is 14.3 Å². The van der Waals surface area contributed by atoms with Gasteiger partial charge in [0.2, 0.25) is 0 Å². The number of rotatable bonds is 5. The Hall–Kier alpha value is -5.24. The summed E-state index contributed by atoms with van der Waals surface area (Å²) in [5.41, 5.74) is 7.83. The van der Waals surface area contributed by atoms with Gasteiger partial charge in [0, 0.05) is 0 Å². The van der Waals surface area contributed by atoms with Gasteiger partial charge in [0.15, 0.2) is 0 Å². The number of benzene rings is 4. The molecule has 0 N–H and O–H groups in total. The molecule has 0 saturated carbocycles. The quantitative estimate of drug-likeness (QED) is 0.201. The average Bonchev–Trinajstić information content (AvgIpc) is 3.32. The first-order valence-corrected chi connectivity index (χ1v) is 13.2. The summed E-state index contributed by atoms with van der Waals surface area (Å²) < 4.78 is 5.16. The van der Waals surface area contributed by atoms with E-state index in [2.05, 4.69) is 48.5 Å². The lowest BCUT2D eigenvalue weighted by atomic mass is 9.67. The number of methoxy groups -OCH3 is 1. The summed E-state index contributed by atoms with van der Waals surface area (Å²) in [5, 5.41) is 0. The van der Waals surface area contributed by atoms with Crippen LogP contribution in [0.25, 0.3) is 22.3 Å². The third-order valence-electron chi connectivity index (χ3n) is 7.52. The maximum absolute atomic E-state index is 13.1. The van der Waals surface area contributed by atoms with Gasteiger partial charge in [0.1, 0.15) is 5.94 Å². The van der Waals surface area contributed by atoms with E-state index in [1.807, 2.05) is 90.9 Å². The fourth-order valence-corrected chi connectivity index (χ4v) is 5.89. The van der Waals surface area contributed by atoms with E-state index in [0.29, 0.717) is 0 Å². The molecular formula is C37H26O3. The first kappa shape index (κ1) is 25.1. The molecule has 0 bridgehead atoms. The molecule has 1 spiro atoms. The molecule has 0 amide bonds. The first-order chi connectivity index (χ1) is 19.7.